The molecular formula is C12H16O. The number of carbonyl (C=O) groups is 1. The van der Waals surface area contributed by atoms with Gasteiger partial charge in [-0.25, -0.2) is 0 Å². The number of ketones is 1. The quantitative estimate of drug-likeness (QED) is 0.590. The number of Topliss-reactive ketones (excluding diaryl/α,β-unsaturated/α-hetero) is 1. The number of hydrogen-bond acceptors (Lipinski definition) is 1. The van der Waals surface area contributed by atoms with E-state index in [1.54, 1.807) is 6.92 Å². The summed E-state index contributed by atoms with van der Waals surface area (Å²) in [5.41, 5.74) is 0. The van der Waals surface area contributed by atoms with Gasteiger partial charge >= 0.3 is 0 Å². The second-order valence-corrected chi connectivity index (χ2v) is 4.21. The molecular weight excluding hydrogens is 160 g/mol. The first-order valence-electron chi connectivity index (χ1n) is 5.27. The normalized spacial score (nSPS) is 35.6. The monoisotopic (exact) mass is 176 g/mol. The van der Waals surface area contributed by atoms with Crippen LogP contribution >= 0.6 is 0 Å². The van der Waals surface area contributed by atoms with Gasteiger partial charge in [0.05, 0.1) is 6.42 Å². The average Bonchev–Trinajstić information content (AvgIpc) is 2.88. The highest BCUT2D eigenvalue weighted by Crippen LogP contribution is 2.55. The van der Waals surface area contributed by atoms with Crippen LogP contribution in [0, 0.1) is 29.6 Å². The molecule has 2 unspecified atom stereocenters. The van der Waals surface area contributed by atoms with E-state index in [4.69, 9.17) is 0 Å². The molecule has 0 aromatic rings. The second kappa shape index (κ2) is 3.54. The Balaban J connectivity index is 1.88. The summed E-state index contributed by atoms with van der Waals surface area (Å²) in [7, 11) is 0. The van der Waals surface area contributed by atoms with Gasteiger partial charge in [0.1, 0.15) is 5.78 Å². The Bertz CT molecular complexity index is 257. The Morgan fingerprint density at radius 3 is 2.46 bits per heavy atom. The maximum absolute atomic E-state index is 11.6. The lowest BCUT2D eigenvalue weighted by molar-refractivity contribution is -0.119. The van der Waals surface area contributed by atoms with Gasteiger partial charge in [0.2, 0.25) is 0 Å². The summed E-state index contributed by atoms with van der Waals surface area (Å²) in [5, 5.41) is 0. The average molecular weight is 176 g/mol. The van der Waals surface area contributed by atoms with Crippen LogP contribution in [0.2, 0.25) is 0 Å². The van der Waals surface area contributed by atoms with Crippen LogP contribution < -0.4 is 0 Å². The second-order valence-electron chi connectivity index (χ2n) is 4.21. The Morgan fingerprint density at radius 1 is 1.31 bits per heavy atom. The molecule has 0 amide bonds. The van der Waals surface area contributed by atoms with E-state index in [1.807, 2.05) is 0 Å². The van der Waals surface area contributed by atoms with Crippen LogP contribution in [0.15, 0.2) is 0 Å². The molecule has 0 radical (unpaired) electrons. The van der Waals surface area contributed by atoms with Crippen molar-refractivity contribution in [3.8, 4) is 11.8 Å². The van der Waals surface area contributed by atoms with E-state index >= 15 is 0 Å². The Morgan fingerprint density at radius 2 is 1.92 bits per heavy atom. The van der Waals surface area contributed by atoms with Crippen molar-refractivity contribution in [3.63, 3.8) is 0 Å². The highest BCUT2D eigenvalue weighted by atomic mass is 16.1. The summed E-state index contributed by atoms with van der Waals surface area (Å²) in [6.07, 6.45) is 5.75. The van der Waals surface area contributed by atoms with Gasteiger partial charge in [-0.15, -0.1) is 5.92 Å². The Hall–Kier alpha value is -0.770. The van der Waals surface area contributed by atoms with Crippen molar-refractivity contribution in [1.82, 2.24) is 0 Å². The highest BCUT2D eigenvalue weighted by molar-refractivity contribution is 5.86. The zero-order valence-electron chi connectivity index (χ0n) is 8.18. The van der Waals surface area contributed by atoms with Gasteiger partial charge in [0.15, 0.2) is 0 Å². The van der Waals surface area contributed by atoms with Crippen molar-refractivity contribution in [2.24, 2.45) is 17.8 Å². The molecule has 70 valence electrons. The summed E-state index contributed by atoms with van der Waals surface area (Å²) < 4.78 is 0. The molecule has 0 bridgehead atoms. The molecule has 0 spiro atoms. The first-order valence-corrected chi connectivity index (χ1v) is 5.27. The molecule has 2 rings (SSSR count). The maximum atomic E-state index is 11.6. The van der Waals surface area contributed by atoms with Crippen LogP contribution in [0.4, 0.5) is 0 Å². The molecule has 13 heavy (non-hydrogen) atoms. The standard InChI is InChI=1S/C12H16O/c1-2-3-8-11(13)12-9-6-4-5-7-10(9)12/h9-10,12H,4-8H2,1H3. The Kier molecular flexibility index (Phi) is 2.40. The fourth-order valence-corrected chi connectivity index (χ4v) is 2.76. The number of carbonyl (C=O) groups excluding carboxylic acids is 1. The minimum Gasteiger partial charge on any atom is -0.298 e. The highest BCUT2D eigenvalue weighted by Gasteiger charge is 2.53. The zero-order chi connectivity index (χ0) is 9.26. The molecule has 1 heteroatoms. The summed E-state index contributed by atoms with van der Waals surface area (Å²) >= 11 is 0. The third-order valence-corrected chi connectivity index (χ3v) is 3.47. The van der Waals surface area contributed by atoms with Crippen LogP contribution in [0.25, 0.3) is 0 Å². The molecule has 2 atom stereocenters. The first kappa shape index (κ1) is 8.81. The van der Waals surface area contributed by atoms with E-state index in [1.165, 1.54) is 25.7 Å². The van der Waals surface area contributed by atoms with Gasteiger partial charge in [0.25, 0.3) is 0 Å². The van der Waals surface area contributed by atoms with Crippen LogP contribution in [-0.2, 0) is 4.79 Å². The molecule has 2 fully saturated rings. The molecule has 2 saturated carbocycles. The van der Waals surface area contributed by atoms with Gasteiger partial charge < -0.3 is 0 Å². The lowest BCUT2D eigenvalue weighted by Crippen LogP contribution is -2.01. The van der Waals surface area contributed by atoms with E-state index in [2.05, 4.69) is 11.8 Å². The van der Waals surface area contributed by atoms with E-state index < -0.39 is 0 Å². The molecule has 0 heterocycles. The maximum Gasteiger partial charge on any atom is 0.148 e. The van der Waals surface area contributed by atoms with Gasteiger partial charge in [-0.2, -0.15) is 0 Å². The molecule has 2 aliphatic rings. The van der Waals surface area contributed by atoms with E-state index in [0.717, 1.165) is 11.8 Å². The molecule has 2 aliphatic carbocycles. The lowest BCUT2D eigenvalue weighted by atomic mass is 10.0. The Labute approximate surface area is 79.9 Å². The molecule has 0 saturated heterocycles. The fourth-order valence-electron chi connectivity index (χ4n) is 2.76. The molecule has 0 aliphatic heterocycles. The zero-order valence-corrected chi connectivity index (χ0v) is 8.18. The van der Waals surface area contributed by atoms with Crippen molar-refractivity contribution in [2.45, 2.75) is 39.0 Å². The summed E-state index contributed by atoms with van der Waals surface area (Å²) in [6, 6.07) is 0. The summed E-state index contributed by atoms with van der Waals surface area (Å²) in [6.45, 7) is 1.80. The van der Waals surface area contributed by atoms with Crippen molar-refractivity contribution < 1.29 is 4.79 Å². The van der Waals surface area contributed by atoms with Crippen molar-refractivity contribution in [1.29, 1.82) is 0 Å². The van der Waals surface area contributed by atoms with Gasteiger partial charge in [-0.3, -0.25) is 4.79 Å². The van der Waals surface area contributed by atoms with E-state index in [9.17, 15) is 4.79 Å². The summed E-state index contributed by atoms with van der Waals surface area (Å²) in [5.74, 6) is 7.99. The van der Waals surface area contributed by atoms with Crippen molar-refractivity contribution >= 4 is 5.78 Å². The fraction of sp³-hybridized carbons (Fsp3) is 0.750. The summed E-state index contributed by atoms with van der Waals surface area (Å²) in [4.78, 5) is 11.6. The number of rotatable bonds is 2. The first-order chi connectivity index (χ1) is 6.34. The minimum atomic E-state index is 0.406. The van der Waals surface area contributed by atoms with E-state index in [-0.39, 0.29) is 0 Å². The van der Waals surface area contributed by atoms with Crippen LogP contribution in [0.1, 0.15) is 39.0 Å². The van der Waals surface area contributed by atoms with E-state index in [0.29, 0.717) is 18.1 Å². The van der Waals surface area contributed by atoms with Crippen molar-refractivity contribution in [3.05, 3.63) is 0 Å². The third kappa shape index (κ3) is 1.63. The minimum absolute atomic E-state index is 0.406. The SMILES string of the molecule is CC#CCC(=O)C1C2CCCCC21. The predicted octanol–water partition coefficient (Wildman–Crippen LogP) is 2.41. The van der Waals surface area contributed by atoms with Crippen molar-refractivity contribution in [2.75, 3.05) is 0 Å². The largest absolute Gasteiger partial charge is 0.298 e. The molecule has 0 aromatic carbocycles. The van der Waals surface area contributed by atoms with Gasteiger partial charge in [0, 0.05) is 5.92 Å². The number of hydrogen-bond donors (Lipinski definition) is 0. The van der Waals surface area contributed by atoms with Gasteiger partial charge in [-0.1, -0.05) is 18.8 Å². The lowest BCUT2D eigenvalue weighted by Gasteiger charge is -2.04. The number of fused-ring (bicyclic) bond motifs is 1. The predicted molar refractivity (Wildman–Crippen MR) is 52.0 cm³/mol. The van der Waals surface area contributed by atoms with Gasteiger partial charge in [-0.05, 0) is 31.6 Å². The van der Waals surface area contributed by atoms with Crippen LogP contribution in [0.5, 0.6) is 0 Å². The smallest absolute Gasteiger partial charge is 0.148 e. The molecule has 0 N–H and O–H groups in total. The third-order valence-electron chi connectivity index (χ3n) is 3.47. The topological polar surface area (TPSA) is 17.1 Å². The van der Waals surface area contributed by atoms with Crippen LogP contribution in [-0.4, -0.2) is 5.78 Å². The molecule has 0 aromatic heterocycles. The van der Waals surface area contributed by atoms with Crippen LogP contribution in [0.3, 0.4) is 0 Å². The molecule has 1 nitrogen and oxygen atoms in total.